The van der Waals surface area contributed by atoms with E-state index >= 15 is 0 Å². The van der Waals surface area contributed by atoms with Gasteiger partial charge in [0.05, 0.1) is 51.3 Å². The molecule has 2 atom stereocenters. The van der Waals surface area contributed by atoms with Crippen LogP contribution in [0.1, 0.15) is 207 Å². The topological polar surface area (TPSA) is 123 Å². The van der Waals surface area contributed by atoms with Crippen LogP contribution in [0.3, 0.4) is 0 Å². The molecule has 0 aromatic rings. The second kappa shape index (κ2) is 22.7. The molecule has 0 aromatic carbocycles. The standard InChI is InChI=1S/C52H99N3O9/c1-16-26-63-55-49(11,12)35-52(36-50(55,13)14)61-38-51(15,39-62-52)37-59-34-41(57)33-54-47(7,8)30-43(31-48(54,9)10)64-44(58)25-23-21-19-17-18-20-22-24-27-60-42-28-45(3,4)53(32-40(2)56)46(5,6)29-42/h40-43,56-57H,16-39H2,1-15H3. The lowest BCUT2D eigenvalue weighted by atomic mass is 9.77. The summed E-state index contributed by atoms with van der Waals surface area (Å²) in [6.45, 7) is 37.2. The van der Waals surface area contributed by atoms with Crippen LogP contribution in [0.4, 0.5) is 0 Å². The number of carbonyl (C=O) groups excluding carboxylic acids is 1. The Bertz CT molecular complexity index is 1370. The number of hydrogen-bond donors (Lipinski definition) is 2. The number of likely N-dealkylation sites (tertiary alicyclic amines) is 2. The summed E-state index contributed by atoms with van der Waals surface area (Å²) >= 11 is 0. The zero-order valence-electron chi connectivity index (χ0n) is 43.9. The summed E-state index contributed by atoms with van der Waals surface area (Å²) in [6, 6.07) is 0. The van der Waals surface area contributed by atoms with Crippen molar-refractivity contribution in [3.05, 3.63) is 0 Å². The molecular formula is C52H99N3O9. The highest BCUT2D eigenvalue weighted by Crippen LogP contribution is 2.49. The van der Waals surface area contributed by atoms with E-state index < -0.39 is 11.9 Å². The molecule has 4 heterocycles. The second-order valence-electron chi connectivity index (χ2n) is 24.9. The van der Waals surface area contributed by atoms with Crippen molar-refractivity contribution >= 4 is 5.97 Å². The van der Waals surface area contributed by atoms with Crippen molar-refractivity contribution < 1.29 is 43.5 Å². The molecule has 1 spiro atoms. The van der Waals surface area contributed by atoms with Crippen LogP contribution in [-0.2, 0) is 33.3 Å². The van der Waals surface area contributed by atoms with E-state index in [4.69, 9.17) is 28.5 Å². The molecule has 0 aromatic heterocycles. The molecule has 64 heavy (non-hydrogen) atoms. The molecule has 4 rings (SSSR count). The number of rotatable bonds is 24. The lowest BCUT2D eigenvalue weighted by Gasteiger charge is -2.59. The SMILES string of the molecule is CCCON1C(C)(C)CC2(CC1(C)C)OCC(C)(COCC(O)CN1C(C)(C)CC(OC(=O)CCCCCCCCCCOC3CC(C)(C)N(CC(C)O)C(C)(C)C3)CC1(C)C)CO2. The maximum atomic E-state index is 13.0. The lowest BCUT2D eigenvalue weighted by Crippen LogP contribution is -2.68. The van der Waals surface area contributed by atoms with E-state index in [0.717, 1.165) is 77.2 Å². The number of hydrogen-bond acceptors (Lipinski definition) is 12. The van der Waals surface area contributed by atoms with Crippen molar-refractivity contribution in [3.63, 3.8) is 0 Å². The van der Waals surface area contributed by atoms with Crippen molar-refractivity contribution in [2.45, 2.75) is 270 Å². The van der Waals surface area contributed by atoms with Crippen molar-refractivity contribution in [3.8, 4) is 0 Å². The maximum Gasteiger partial charge on any atom is 0.306 e. The van der Waals surface area contributed by atoms with Crippen molar-refractivity contribution in [2.24, 2.45) is 5.41 Å². The predicted octanol–water partition coefficient (Wildman–Crippen LogP) is 9.60. The Balaban J connectivity index is 1.07. The van der Waals surface area contributed by atoms with E-state index in [2.05, 4.69) is 112 Å². The van der Waals surface area contributed by atoms with Crippen LogP contribution in [-0.4, -0.2) is 147 Å². The Hall–Kier alpha value is -0.930. The Morgan fingerprint density at radius 2 is 1.11 bits per heavy atom. The molecule has 2 N–H and O–H groups in total. The summed E-state index contributed by atoms with van der Waals surface area (Å²) in [6.07, 6.45) is 14.5. The Morgan fingerprint density at radius 1 is 0.641 bits per heavy atom. The fourth-order valence-corrected chi connectivity index (χ4v) is 12.4. The van der Waals surface area contributed by atoms with E-state index in [0.29, 0.717) is 45.9 Å². The normalized spacial score (nSPS) is 26.5. The summed E-state index contributed by atoms with van der Waals surface area (Å²) in [7, 11) is 0. The smallest absolute Gasteiger partial charge is 0.306 e. The first-order valence-corrected chi connectivity index (χ1v) is 25.6. The molecule has 4 fully saturated rings. The minimum atomic E-state index is -0.664. The van der Waals surface area contributed by atoms with Crippen LogP contribution in [0.25, 0.3) is 0 Å². The van der Waals surface area contributed by atoms with Crippen LogP contribution < -0.4 is 0 Å². The molecule has 376 valence electrons. The summed E-state index contributed by atoms with van der Waals surface area (Å²) in [5.74, 6) is -0.752. The fraction of sp³-hybridized carbons (Fsp3) is 0.981. The van der Waals surface area contributed by atoms with Gasteiger partial charge in [-0.3, -0.25) is 19.4 Å². The van der Waals surface area contributed by atoms with E-state index in [1.54, 1.807) is 0 Å². The predicted molar refractivity (Wildman–Crippen MR) is 256 cm³/mol. The minimum absolute atomic E-state index is 0.00112. The highest BCUT2D eigenvalue weighted by molar-refractivity contribution is 5.69. The van der Waals surface area contributed by atoms with E-state index in [-0.39, 0.29) is 69.5 Å². The summed E-state index contributed by atoms with van der Waals surface area (Å²) in [5, 5.41) is 23.5. The molecule has 12 nitrogen and oxygen atoms in total. The summed E-state index contributed by atoms with van der Waals surface area (Å²) in [5.41, 5.74) is -1.36. The molecule has 12 heteroatoms. The van der Waals surface area contributed by atoms with E-state index in [1.807, 2.05) is 6.92 Å². The van der Waals surface area contributed by atoms with Gasteiger partial charge in [0, 0.05) is 90.4 Å². The Morgan fingerprint density at radius 3 is 1.61 bits per heavy atom. The first kappa shape index (κ1) is 55.7. The quantitative estimate of drug-likeness (QED) is 0.0709. The first-order chi connectivity index (χ1) is 29.6. The maximum absolute atomic E-state index is 13.0. The molecule has 0 radical (unpaired) electrons. The number of esters is 1. The van der Waals surface area contributed by atoms with Crippen LogP contribution in [0.2, 0.25) is 0 Å². The number of nitrogens with zero attached hydrogens (tertiary/aromatic N) is 3. The van der Waals surface area contributed by atoms with Gasteiger partial charge in [-0.05, 0) is 122 Å². The number of piperidine rings is 3. The van der Waals surface area contributed by atoms with Gasteiger partial charge in [0.25, 0.3) is 0 Å². The summed E-state index contributed by atoms with van der Waals surface area (Å²) < 4.78 is 31.9. The third kappa shape index (κ3) is 15.8. The molecule has 4 saturated heterocycles. The zero-order valence-corrected chi connectivity index (χ0v) is 43.9. The van der Waals surface area contributed by atoms with Gasteiger partial charge >= 0.3 is 5.97 Å². The average Bonchev–Trinajstić information content (AvgIpc) is 3.13. The monoisotopic (exact) mass is 910 g/mol. The number of aliphatic hydroxyl groups excluding tert-OH is 2. The molecule has 2 unspecified atom stereocenters. The number of ether oxygens (including phenoxy) is 5. The Kier molecular flexibility index (Phi) is 19.7. The van der Waals surface area contributed by atoms with Gasteiger partial charge in [-0.1, -0.05) is 52.4 Å². The molecule has 4 aliphatic rings. The molecule has 0 saturated carbocycles. The Labute approximate surface area is 391 Å². The molecule has 0 aliphatic carbocycles. The first-order valence-electron chi connectivity index (χ1n) is 25.6. The average molecular weight is 910 g/mol. The molecular weight excluding hydrogens is 811 g/mol. The number of hydroxylamine groups is 2. The number of carbonyl (C=O) groups is 1. The van der Waals surface area contributed by atoms with Gasteiger partial charge in [-0.25, -0.2) is 0 Å². The van der Waals surface area contributed by atoms with Gasteiger partial charge in [0.15, 0.2) is 5.79 Å². The molecule has 0 amide bonds. The van der Waals surface area contributed by atoms with Gasteiger partial charge in [-0.15, -0.1) is 0 Å². The highest BCUT2D eigenvalue weighted by atomic mass is 16.7. The lowest BCUT2D eigenvalue weighted by molar-refractivity contribution is -0.383. The number of aliphatic hydroxyl groups is 2. The fourth-order valence-electron chi connectivity index (χ4n) is 12.4. The minimum Gasteiger partial charge on any atom is -0.462 e. The molecule has 0 bridgehead atoms. The van der Waals surface area contributed by atoms with Gasteiger partial charge in [-0.2, -0.15) is 5.06 Å². The molecule has 4 aliphatic heterocycles. The van der Waals surface area contributed by atoms with Crippen molar-refractivity contribution in [1.29, 1.82) is 0 Å². The van der Waals surface area contributed by atoms with Crippen LogP contribution >= 0.6 is 0 Å². The second-order valence-corrected chi connectivity index (χ2v) is 24.9. The van der Waals surface area contributed by atoms with E-state index in [9.17, 15) is 15.0 Å². The van der Waals surface area contributed by atoms with Gasteiger partial charge in [0.1, 0.15) is 6.10 Å². The number of unbranched alkanes of at least 4 members (excludes halogenated alkanes) is 7. The summed E-state index contributed by atoms with van der Waals surface area (Å²) in [4.78, 5) is 24.0. The van der Waals surface area contributed by atoms with Crippen LogP contribution in [0, 0.1) is 5.41 Å². The third-order valence-electron chi connectivity index (χ3n) is 14.7. The van der Waals surface area contributed by atoms with Crippen molar-refractivity contribution in [2.75, 3.05) is 52.7 Å². The number of β-amino-alcohol motifs (C(OH)–C–C–N with tert-alkyl or cyclic N) is 2. The van der Waals surface area contributed by atoms with Gasteiger partial charge < -0.3 is 33.9 Å². The zero-order chi connectivity index (χ0) is 47.8. The highest BCUT2D eigenvalue weighted by Gasteiger charge is 2.57. The van der Waals surface area contributed by atoms with Gasteiger partial charge in [0.2, 0.25) is 0 Å². The third-order valence-corrected chi connectivity index (χ3v) is 14.7. The van der Waals surface area contributed by atoms with Crippen molar-refractivity contribution in [1.82, 2.24) is 14.9 Å². The van der Waals surface area contributed by atoms with Crippen LogP contribution in [0.15, 0.2) is 0 Å². The van der Waals surface area contributed by atoms with Crippen LogP contribution in [0.5, 0.6) is 0 Å². The largest absolute Gasteiger partial charge is 0.462 e. The van der Waals surface area contributed by atoms with E-state index in [1.165, 1.54) is 25.7 Å².